The van der Waals surface area contributed by atoms with E-state index in [1.165, 1.54) is 14.2 Å². The molecular formula is C15H24N2O3. The lowest BCUT2D eigenvalue weighted by Gasteiger charge is -2.27. The number of rotatable bonds is 5. The Labute approximate surface area is 120 Å². The summed E-state index contributed by atoms with van der Waals surface area (Å²) in [5.74, 6) is 0.918. The van der Waals surface area contributed by atoms with Crippen molar-refractivity contribution in [1.29, 1.82) is 0 Å². The quantitative estimate of drug-likeness (QED) is 0.766. The van der Waals surface area contributed by atoms with Crippen molar-refractivity contribution in [1.82, 2.24) is 5.32 Å². The van der Waals surface area contributed by atoms with Crippen LogP contribution in [0.2, 0.25) is 0 Å². The molecule has 1 aliphatic carbocycles. The van der Waals surface area contributed by atoms with Gasteiger partial charge in [0.1, 0.15) is 0 Å². The highest BCUT2D eigenvalue weighted by molar-refractivity contribution is 5.52. The molecule has 0 amide bonds. The molecule has 0 radical (unpaired) electrons. The van der Waals surface area contributed by atoms with Gasteiger partial charge in [0.15, 0.2) is 11.5 Å². The molecule has 0 aliphatic heterocycles. The third-order valence-corrected chi connectivity index (χ3v) is 3.91. The number of benzene rings is 1. The maximum Gasteiger partial charge on any atom is 0.200 e. The molecule has 4 N–H and O–H groups in total. The van der Waals surface area contributed by atoms with Crippen LogP contribution in [0.3, 0.4) is 0 Å². The van der Waals surface area contributed by atoms with Gasteiger partial charge in [0.25, 0.3) is 0 Å². The summed E-state index contributed by atoms with van der Waals surface area (Å²) in [5, 5.41) is 13.4. The van der Waals surface area contributed by atoms with Crippen LogP contribution in [0.15, 0.2) is 12.1 Å². The fourth-order valence-electron chi connectivity index (χ4n) is 2.64. The van der Waals surface area contributed by atoms with Gasteiger partial charge in [-0.1, -0.05) is 0 Å². The van der Waals surface area contributed by atoms with E-state index in [1.807, 2.05) is 12.1 Å². The fraction of sp³-hybridized carbons (Fsp3) is 0.600. The van der Waals surface area contributed by atoms with E-state index in [0.717, 1.165) is 37.8 Å². The lowest BCUT2D eigenvalue weighted by molar-refractivity contribution is 0.333. The van der Waals surface area contributed by atoms with Gasteiger partial charge in [-0.15, -0.1) is 0 Å². The number of phenolic OH excluding ortho intramolecular Hbond substituents is 1. The van der Waals surface area contributed by atoms with Gasteiger partial charge in [-0.2, -0.15) is 0 Å². The zero-order chi connectivity index (χ0) is 14.5. The van der Waals surface area contributed by atoms with E-state index < -0.39 is 0 Å². The Bertz CT molecular complexity index is 418. The number of phenols is 1. The summed E-state index contributed by atoms with van der Waals surface area (Å²) in [6.45, 7) is 0.729. The third kappa shape index (κ3) is 3.55. The number of aromatic hydroxyl groups is 1. The normalized spacial score (nSPS) is 22.6. The van der Waals surface area contributed by atoms with Crippen molar-refractivity contribution in [2.75, 3.05) is 14.2 Å². The summed E-state index contributed by atoms with van der Waals surface area (Å²) in [6, 6.07) is 4.54. The summed E-state index contributed by atoms with van der Waals surface area (Å²) < 4.78 is 10.3. The van der Waals surface area contributed by atoms with Gasteiger partial charge in [-0.25, -0.2) is 0 Å². The lowest BCUT2D eigenvalue weighted by atomic mass is 9.92. The average molecular weight is 280 g/mol. The summed E-state index contributed by atoms with van der Waals surface area (Å²) >= 11 is 0. The summed E-state index contributed by atoms with van der Waals surface area (Å²) in [7, 11) is 3.07. The van der Waals surface area contributed by atoms with E-state index in [1.54, 1.807) is 0 Å². The molecule has 1 saturated carbocycles. The fourth-order valence-corrected chi connectivity index (χ4v) is 2.64. The van der Waals surface area contributed by atoms with Crippen molar-refractivity contribution in [3.05, 3.63) is 17.7 Å². The van der Waals surface area contributed by atoms with Crippen LogP contribution in [0.5, 0.6) is 17.2 Å². The molecule has 0 aromatic heterocycles. The molecule has 1 aromatic carbocycles. The monoisotopic (exact) mass is 280 g/mol. The number of hydrogen-bond acceptors (Lipinski definition) is 5. The Hall–Kier alpha value is -1.46. The minimum Gasteiger partial charge on any atom is -0.502 e. The van der Waals surface area contributed by atoms with Crippen molar-refractivity contribution in [3.8, 4) is 17.2 Å². The van der Waals surface area contributed by atoms with Crippen molar-refractivity contribution in [3.63, 3.8) is 0 Å². The standard InChI is InChI=1S/C15H24N2O3/c1-19-13-7-10(8-14(20-2)15(13)18)9-17-12-5-3-11(16)4-6-12/h7-8,11-12,17-18H,3-6,9,16H2,1-2H3. The molecule has 5 nitrogen and oxygen atoms in total. The molecule has 1 aromatic rings. The molecule has 112 valence electrons. The van der Waals surface area contributed by atoms with E-state index in [0.29, 0.717) is 23.6 Å². The third-order valence-electron chi connectivity index (χ3n) is 3.91. The topological polar surface area (TPSA) is 76.7 Å². The van der Waals surface area contributed by atoms with Gasteiger partial charge in [0.05, 0.1) is 14.2 Å². The molecule has 2 rings (SSSR count). The average Bonchev–Trinajstić information content (AvgIpc) is 2.47. The summed E-state index contributed by atoms with van der Waals surface area (Å²) in [4.78, 5) is 0. The van der Waals surface area contributed by atoms with Crippen LogP contribution in [0.1, 0.15) is 31.2 Å². The van der Waals surface area contributed by atoms with Crippen molar-refractivity contribution in [2.24, 2.45) is 5.73 Å². The molecule has 5 heteroatoms. The van der Waals surface area contributed by atoms with Crippen molar-refractivity contribution >= 4 is 0 Å². The number of hydrogen-bond donors (Lipinski definition) is 3. The van der Waals surface area contributed by atoms with E-state index in [4.69, 9.17) is 15.2 Å². The Balaban J connectivity index is 1.98. The maximum atomic E-state index is 9.88. The zero-order valence-corrected chi connectivity index (χ0v) is 12.2. The number of methoxy groups -OCH3 is 2. The molecule has 1 aliphatic rings. The first-order valence-electron chi connectivity index (χ1n) is 7.07. The molecular weight excluding hydrogens is 256 g/mol. The molecule has 1 fully saturated rings. The largest absolute Gasteiger partial charge is 0.502 e. The predicted molar refractivity (Wildman–Crippen MR) is 78.3 cm³/mol. The zero-order valence-electron chi connectivity index (χ0n) is 12.2. The summed E-state index contributed by atoms with van der Waals surface area (Å²) in [5.41, 5.74) is 6.94. The van der Waals surface area contributed by atoms with Gasteiger partial charge in [-0.05, 0) is 43.4 Å². The molecule has 0 spiro atoms. The molecule has 0 heterocycles. The second-order valence-electron chi connectivity index (χ2n) is 5.34. The smallest absolute Gasteiger partial charge is 0.200 e. The highest BCUT2D eigenvalue weighted by Crippen LogP contribution is 2.37. The van der Waals surface area contributed by atoms with Crippen LogP contribution in [0.4, 0.5) is 0 Å². The van der Waals surface area contributed by atoms with Gasteiger partial charge in [0, 0.05) is 18.6 Å². The Morgan fingerprint density at radius 3 is 2.20 bits per heavy atom. The number of ether oxygens (including phenoxy) is 2. The molecule has 0 bridgehead atoms. The van der Waals surface area contributed by atoms with Crippen LogP contribution >= 0.6 is 0 Å². The molecule has 0 saturated heterocycles. The van der Waals surface area contributed by atoms with Crippen LogP contribution in [-0.2, 0) is 6.54 Å². The highest BCUT2D eigenvalue weighted by atomic mass is 16.5. The van der Waals surface area contributed by atoms with Crippen LogP contribution < -0.4 is 20.5 Å². The van der Waals surface area contributed by atoms with Crippen molar-refractivity contribution in [2.45, 2.75) is 44.3 Å². The molecule has 20 heavy (non-hydrogen) atoms. The second-order valence-corrected chi connectivity index (χ2v) is 5.34. The molecule has 0 unspecified atom stereocenters. The van der Waals surface area contributed by atoms with Gasteiger partial charge in [0.2, 0.25) is 5.75 Å². The first-order valence-corrected chi connectivity index (χ1v) is 7.07. The lowest BCUT2D eigenvalue weighted by Crippen LogP contribution is -2.37. The van der Waals surface area contributed by atoms with E-state index in [9.17, 15) is 5.11 Å². The molecule has 0 atom stereocenters. The van der Waals surface area contributed by atoms with Gasteiger partial charge < -0.3 is 25.6 Å². The van der Waals surface area contributed by atoms with Crippen molar-refractivity contribution < 1.29 is 14.6 Å². The Morgan fingerprint density at radius 2 is 1.70 bits per heavy atom. The van der Waals surface area contributed by atoms with Gasteiger partial charge >= 0.3 is 0 Å². The first kappa shape index (κ1) is 14.9. The van der Waals surface area contributed by atoms with Crippen LogP contribution in [0.25, 0.3) is 0 Å². The minimum atomic E-state index is 0.0439. The Kier molecular flexibility index (Phi) is 5.09. The van der Waals surface area contributed by atoms with E-state index in [-0.39, 0.29) is 5.75 Å². The number of nitrogens with two attached hydrogens (primary N) is 1. The highest BCUT2D eigenvalue weighted by Gasteiger charge is 2.18. The maximum absolute atomic E-state index is 9.88. The predicted octanol–water partition coefficient (Wildman–Crippen LogP) is 1.77. The summed E-state index contributed by atoms with van der Waals surface area (Å²) in [6.07, 6.45) is 4.40. The number of nitrogens with one attached hydrogen (secondary N) is 1. The van der Waals surface area contributed by atoms with Gasteiger partial charge in [-0.3, -0.25) is 0 Å². The first-order chi connectivity index (χ1) is 9.63. The minimum absolute atomic E-state index is 0.0439. The SMILES string of the molecule is COc1cc(CNC2CCC(N)CC2)cc(OC)c1O. The van der Waals surface area contributed by atoms with Crippen LogP contribution in [0, 0.1) is 0 Å². The second kappa shape index (κ2) is 6.81. The van der Waals surface area contributed by atoms with E-state index >= 15 is 0 Å². The Morgan fingerprint density at radius 1 is 1.15 bits per heavy atom. The van der Waals surface area contributed by atoms with E-state index in [2.05, 4.69) is 5.32 Å². The van der Waals surface area contributed by atoms with Crippen LogP contribution in [-0.4, -0.2) is 31.4 Å².